The monoisotopic (exact) mass is 382 g/mol. The zero-order valence-corrected chi connectivity index (χ0v) is 16.4. The van der Waals surface area contributed by atoms with Gasteiger partial charge in [-0.2, -0.15) is 5.26 Å². The molecule has 1 atom stereocenters. The number of hydrogen-bond donors (Lipinski definition) is 0. The Kier molecular flexibility index (Phi) is 5.55. The van der Waals surface area contributed by atoms with Gasteiger partial charge in [-0.25, -0.2) is 9.97 Å². The summed E-state index contributed by atoms with van der Waals surface area (Å²) in [7, 11) is 0. The molecule has 0 spiro atoms. The van der Waals surface area contributed by atoms with Crippen LogP contribution in [0.1, 0.15) is 27.7 Å². The minimum Gasteiger partial charge on any atom is -0.297 e. The van der Waals surface area contributed by atoms with Crippen molar-refractivity contribution >= 4 is 28.9 Å². The van der Waals surface area contributed by atoms with Gasteiger partial charge < -0.3 is 0 Å². The third kappa shape index (κ3) is 3.87. The predicted octanol–water partition coefficient (Wildman–Crippen LogP) is 4.22. The molecule has 0 saturated carbocycles. The molecule has 0 N–H and O–H groups in total. The van der Waals surface area contributed by atoms with Crippen LogP contribution >= 0.6 is 23.1 Å². The van der Waals surface area contributed by atoms with Gasteiger partial charge in [0.1, 0.15) is 5.01 Å². The third-order valence-corrected chi connectivity index (χ3v) is 6.07. The summed E-state index contributed by atoms with van der Waals surface area (Å²) in [6, 6.07) is 8.28. The minimum atomic E-state index is -0.814. The quantitative estimate of drug-likeness (QED) is 0.597. The van der Waals surface area contributed by atoms with Crippen molar-refractivity contribution in [2.75, 3.05) is 5.75 Å². The Morgan fingerprint density at radius 3 is 2.81 bits per heavy atom. The summed E-state index contributed by atoms with van der Waals surface area (Å²) in [6.45, 7) is 6.00. The number of nitrogens with zero attached hydrogens (tertiary/aromatic N) is 4. The average Bonchev–Trinajstić information content (AvgIpc) is 3.25. The lowest BCUT2D eigenvalue weighted by Gasteiger charge is -2.10. The number of carbonyl (C=O) groups excluding carboxylic acids is 1. The third-order valence-electron chi connectivity index (χ3n) is 4.05. The maximum absolute atomic E-state index is 12.5. The molecular formula is C19H18N4OS2. The number of nitriles is 1. The number of rotatable bonds is 6. The predicted molar refractivity (Wildman–Crippen MR) is 104 cm³/mol. The first-order chi connectivity index (χ1) is 12.5. The molecule has 0 aliphatic carbocycles. The molecule has 7 heteroatoms. The molecule has 0 radical (unpaired) electrons. The average molecular weight is 383 g/mol. The molecule has 3 aromatic rings. The molecule has 0 saturated heterocycles. The topological polar surface area (TPSA) is 71.6 Å². The molecule has 1 unspecified atom stereocenters. The van der Waals surface area contributed by atoms with Crippen molar-refractivity contribution < 1.29 is 4.79 Å². The van der Waals surface area contributed by atoms with Crippen LogP contribution < -0.4 is 0 Å². The summed E-state index contributed by atoms with van der Waals surface area (Å²) in [5.41, 5.74) is 4.27. The Morgan fingerprint density at radius 2 is 2.15 bits per heavy atom. The van der Waals surface area contributed by atoms with Gasteiger partial charge >= 0.3 is 0 Å². The van der Waals surface area contributed by atoms with Crippen LogP contribution in [0.15, 0.2) is 41.1 Å². The van der Waals surface area contributed by atoms with E-state index in [-0.39, 0.29) is 11.5 Å². The number of benzene rings is 1. The molecule has 0 aliphatic heterocycles. The second kappa shape index (κ2) is 7.85. The first kappa shape index (κ1) is 18.4. The second-order valence-corrected chi connectivity index (χ2v) is 7.82. The lowest BCUT2D eigenvalue weighted by atomic mass is 10.1. The number of Topliss-reactive ketones (excluding diaryl/α,β-unsaturated/α-hetero) is 1. The summed E-state index contributed by atoms with van der Waals surface area (Å²) in [4.78, 5) is 21.1. The van der Waals surface area contributed by atoms with Gasteiger partial charge in [-0.15, -0.1) is 11.3 Å². The van der Waals surface area contributed by atoms with E-state index in [0.29, 0.717) is 5.01 Å². The first-order valence-corrected chi connectivity index (χ1v) is 9.94. The van der Waals surface area contributed by atoms with E-state index < -0.39 is 5.92 Å². The molecule has 2 aromatic heterocycles. The maximum atomic E-state index is 12.5. The van der Waals surface area contributed by atoms with Crippen LogP contribution in [-0.4, -0.2) is 26.1 Å². The van der Waals surface area contributed by atoms with Gasteiger partial charge in [0.05, 0.1) is 11.8 Å². The fourth-order valence-electron chi connectivity index (χ4n) is 2.46. The van der Waals surface area contributed by atoms with E-state index >= 15 is 0 Å². The number of carbonyl (C=O) groups is 1. The largest absolute Gasteiger partial charge is 0.297 e. The van der Waals surface area contributed by atoms with Gasteiger partial charge in [0, 0.05) is 29.2 Å². The molecule has 0 aliphatic rings. The van der Waals surface area contributed by atoms with E-state index in [1.54, 1.807) is 6.20 Å². The molecule has 0 fully saturated rings. The molecule has 0 amide bonds. The van der Waals surface area contributed by atoms with Crippen LogP contribution in [0.25, 0.3) is 5.69 Å². The maximum Gasteiger partial charge on any atom is 0.173 e. The Morgan fingerprint density at radius 1 is 1.35 bits per heavy atom. The van der Waals surface area contributed by atoms with Crippen molar-refractivity contribution in [3.05, 3.63) is 57.8 Å². The van der Waals surface area contributed by atoms with Crippen LogP contribution in [0, 0.1) is 32.1 Å². The summed E-state index contributed by atoms with van der Waals surface area (Å²) >= 11 is 2.69. The zero-order chi connectivity index (χ0) is 18.7. The van der Waals surface area contributed by atoms with Crippen LogP contribution in [0.5, 0.6) is 0 Å². The molecule has 26 heavy (non-hydrogen) atoms. The number of aryl methyl sites for hydroxylation is 3. The number of ketones is 1. The molecule has 1 aromatic carbocycles. The van der Waals surface area contributed by atoms with Crippen LogP contribution in [0.2, 0.25) is 0 Å². The number of thioether (sulfide) groups is 1. The Bertz CT molecular complexity index is 984. The zero-order valence-electron chi connectivity index (χ0n) is 14.8. The Balaban J connectivity index is 1.74. The molecule has 132 valence electrons. The van der Waals surface area contributed by atoms with Gasteiger partial charge in [-0.3, -0.25) is 9.36 Å². The van der Waals surface area contributed by atoms with Gasteiger partial charge in [0.15, 0.2) is 16.9 Å². The van der Waals surface area contributed by atoms with Crippen molar-refractivity contribution in [1.29, 1.82) is 5.26 Å². The highest BCUT2D eigenvalue weighted by Crippen LogP contribution is 2.26. The molecule has 2 heterocycles. The van der Waals surface area contributed by atoms with E-state index in [0.717, 1.165) is 16.5 Å². The van der Waals surface area contributed by atoms with Crippen LogP contribution in [0.4, 0.5) is 0 Å². The smallest absolute Gasteiger partial charge is 0.173 e. The van der Waals surface area contributed by atoms with Crippen molar-refractivity contribution in [2.24, 2.45) is 0 Å². The van der Waals surface area contributed by atoms with E-state index in [1.165, 1.54) is 34.2 Å². The first-order valence-electron chi connectivity index (χ1n) is 8.07. The van der Waals surface area contributed by atoms with Gasteiger partial charge in [-0.1, -0.05) is 17.8 Å². The summed E-state index contributed by atoms with van der Waals surface area (Å²) in [5.74, 6) is -0.786. The summed E-state index contributed by atoms with van der Waals surface area (Å²) < 4.78 is 1.96. The number of imidazole rings is 1. The van der Waals surface area contributed by atoms with Crippen LogP contribution in [-0.2, 0) is 4.79 Å². The van der Waals surface area contributed by atoms with Crippen molar-refractivity contribution in [3.8, 4) is 11.8 Å². The van der Waals surface area contributed by atoms with Gasteiger partial charge in [-0.05, 0) is 44.0 Å². The fourth-order valence-corrected chi connectivity index (χ4v) is 4.20. The highest BCUT2D eigenvalue weighted by Gasteiger charge is 2.24. The number of hydrogen-bond acceptors (Lipinski definition) is 6. The van der Waals surface area contributed by atoms with E-state index in [9.17, 15) is 10.1 Å². The van der Waals surface area contributed by atoms with Crippen molar-refractivity contribution in [1.82, 2.24) is 14.5 Å². The second-order valence-electron chi connectivity index (χ2n) is 5.99. The van der Waals surface area contributed by atoms with Gasteiger partial charge in [0.25, 0.3) is 0 Å². The highest BCUT2D eigenvalue weighted by molar-refractivity contribution is 7.99. The molecule has 3 rings (SSSR count). The van der Waals surface area contributed by atoms with Crippen molar-refractivity contribution in [3.63, 3.8) is 0 Å². The van der Waals surface area contributed by atoms with Gasteiger partial charge in [0.2, 0.25) is 0 Å². The number of aromatic nitrogens is 3. The van der Waals surface area contributed by atoms with E-state index in [2.05, 4.69) is 42.0 Å². The Labute approximate surface area is 160 Å². The van der Waals surface area contributed by atoms with E-state index in [4.69, 9.17) is 0 Å². The fraction of sp³-hybridized carbons (Fsp3) is 0.263. The molecular weight excluding hydrogens is 364 g/mol. The van der Waals surface area contributed by atoms with E-state index in [1.807, 2.05) is 29.1 Å². The lowest BCUT2D eigenvalue weighted by molar-refractivity contribution is -0.116. The highest BCUT2D eigenvalue weighted by atomic mass is 32.2. The standard InChI is InChI=1S/C19H18N4OS2/c1-12-4-5-15(8-13(12)2)23-7-6-21-19(23)26-11-17(24)16(9-20)18-22-14(3)10-25-18/h4-8,10,16H,11H2,1-3H3. The summed E-state index contributed by atoms with van der Waals surface area (Å²) in [6.07, 6.45) is 3.59. The number of thiazole rings is 1. The summed E-state index contributed by atoms with van der Waals surface area (Å²) in [5, 5.41) is 12.5. The lowest BCUT2D eigenvalue weighted by Crippen LogP contribution is -2.13. The normalized spacial score (nSPS) is 11.9. The Hall–Kier alpha value is -2.43. The minimum absolute atomic E-state index is 0.151. The van der Waals surface area contributed by atoms with Crippen LogP contribution in [0.3, 0.4) is 0 Å². The van der Waals surface area contributed by atoms with Crippen molar-refractivity contribution in [2.45, 2.75) is 31.8 Å². The SMILES string of the molecule is Cc1csc(C(C#N)C(=O)CSc2nccn2-c2ccc(C)c(C)c2)n1. The molecule has 0 bridgehead atoms. The molecule has 5 nitrogen and oxygen atoms in total.